The predicted octanol–water partition coefficient (Wildman–Crippen LogP) is 1.73. The van der Waals surface area contributed by atoms with E-state index >= 15 is 0 Å². The number of carbonyl (C=O) groups excluding carboxylic acids is 1. The fourth-order valence-corrected chi connectivity index (χ4v) is 3.58. The van der Waals surface area contributed by atoms with E-state index in [2.05, 4.69) is 15.3 Å². The van der Waals surface area contributed by atoms with E-state index in [0.29, 0.717) is 37.5 Å². The number of aromatic nitrogens is 2. The molecule has 10 heteroatoms. The minimum absolute atomic E-state index is 0.107. The third kappa shape index (κ3) is 5.55. The van der Waals surface area contributed by atoms with E-state index in [-0.39, 0.29) is 11.6 Å². The number of amides is 1. The van der Waals surface area contributed by atoms with Gasteiger partial charge in [0.25, 0.3) is 11.6 Å². The van der Waals surface area contributed by atoms with Crippen LogP contribution in [0.25, 0.3) is 0 Å². The van der Waals surface area contributed by atoms with Gasteiger partial charge in [-0.05, 0) is 18.6 Å². The smallest absolute Gasteiger partial charge is 0.293 e. The van der Waals surface area contributed by atoms with Gasteiger partial charge in [0.05, 0.1) is 17.7 Å². The molecule has 1 aromatic heterocycles. The molecule has 1 amide bonds. The first kappa shape index (κ1) is 21.7. The van der Waals surface area contributed by atoms with Gasteiger partial charge in [-0.25, -0.2) is 0 Å². The average Bonchev–Trinajstić information content (AvgIpc) is 2.99. The number of ether oxygens (including phenoxy) is 1. The Bertz CT molecular complexity index is 884. The molecule has 0 bridgehead atoms. The summed E-state index contributed by atoms with van der Waals surface area (Å²) in [5.74, 6) is -0.176. The number of aryl methyl sites for hydroxylation is 1. The van der Waals surface area contributed by atoms with Crippen LogP contribution in [-0.4, -0.2) is 76.9 Å². The summed E-state index contributed by atoms with van der Waals surface area (Å²) in [5.41, 5.74) is 1.75. The molecule has 0 atom stereocenters. The van der Waals surface area contributed by atoms with Crippen LogP contribution < -0.4 is 5.32 Å². The van der Waals surface area contributed by atoms with Crippen molar-refractivity contribution in [2.75, 3.05) is 51.8 Å². The van der Waals surface area contributed by atoms with Crippen molar-refractivity contribution in [2.24, 2.45) is 7.05 Å². The Morgan fingerprint density at radius 1 is 1.30 bits per heavy atom. The number of methoxy groups -OCH3 is 1. The molecular weight excluding hydrogens is 388 g/mol. The standard InChI is InChI=1S/C20H28N6O4/c1-23-14-16(13-22-23)15-24-7-3-8-25(10-9-24)20(27)17-4-5-18(21-6-11-30-2)19(12-17)26(28)29/h4-5,12-14,21H,3,6-11,15H2,1-2H3. The van der Waals surface area contributed by atoms with E-state index in [9.17, 15) is 14.9 Å². The maximum atomic E-state index is 13.0. The van der Waals surface area contributed by atoms with Gasteiger partial charge in [0.2, 0.25) is 0 Å². The summed E-state index contributed by atoms with van der Waals surface area (Å²) < 4.78 is 6.74. The Kier molecular flexibility index (Phi) is 7.36. The Labute approximate surface area is 175 Å². The first-order chi connectivity index (χ1) is 14.5. The maximum absolute atomic E-state index is 13.0. The van der Waals surface area contributed by atoms with E-state index in [1.165, 1.54) is 6.07 Å². The number of nitrogens with zero attached hydrogens (tertiary/aromatic N) is 5. The zero-order chi connectivity index (χ0) is 21.5. The van der Waals surface area contributed by atoms with Crippen LogP contribution in [0.5, 0.6) is 0 Å². The number of carbonyl (C=O) groups is 1. The lowest BCUT2D eigenvalue weighted by molar-refractivity contribution is -0.384. The molecule has 1 N–H and O–H groups in total. The molecule has 0 saturated carbocycles. The summed E-state index contributed by atoms with van der Waals surface area (Å²) in [7, 11) is 3.46. The van der Waals surface area contributed by atoms with Crippen molar-refractivity contribution in [3.05, 3.63) is 51.8 Å². The highest BCUT2D eigenvalue weighted by atomic mass is 16.6. The van der Waals surface area contributed by atoms with Crippen LogP contribution in [0.15, 0.2) is 30.6 Å². The number of anilines is 1. The zero-order valence-electron chi connectivity index (χ0n) is 17.4. The minimum atomic E-state index is -0.468. The molecular formula is C20H28N6O4. The third-order valence-electron chi connectivity index (χ3n) is 5.10. The average molecular weight is 416 g/mol. The largest absolute Gasteiger partial charge is 0.383 e. The van der Waals surface area contributed by atoms with Gasteiger partial charge in [-0.1, -0.05) is 0 Å². The molecule has 10 nitrogen and oxygen atoms in total. The summed E-state index contributed by atoms with van der Waals surface area (Å²) in [4.78, 5) is 28.1. The number of hydrogen-bond donors (Lipinski definition) is 1. The second-order valence-corrected chi connectivity index (χ2v) is 7.35. The second-order valence-electron chi connectivity index (χ2n) is 7.35. The number of benzene rings is 1. The van der Waals surface area contributed by atoms with E-state index in [1.54, 1.807) is 28.8 Å². The molecule has 1 fully saturated rings. The van der Waals surface area contributed by atoms with Crippen LogP contribution in [-0.2, 0) is 18.3 Å². The minimum Gasteiger partial charge on any atom is -0.383 e. The van der Waals surface area contributed by atoms with Gasteiger partial charge in [-0.3, -0.25) is 24.5 Å². The van der Waals surface area contributed by atoms with Crippen LogP contribution in [0.3, 0.4) is 0 Å². The molecule has 0 spiro atoms. The van der Waals surface area contributed by atoms with Gasteiger partial charge in [-0.15, -0.1) is 0 Å². The number of rotatable bonds is 8. The molecule has 1 aromatic carbocycles. The van der Waals surface area contributed by atoms with Crippen LogP contribution in [0.4, 0.5) is 11.4 Å². The quantitative estimate of drug-likeness (QED) is 0.397. The lowest BCUT2D eigenvalue weighted by atomic mass is 10.1. The lowest BCUT2D eigenvalue weighted by Crippen LogP contribution is -2.35. The molecule has 1 saturated heterocycles. The van der Waals surface area contributed by atoms with Crippen LogP contribution in [0.1, 0.15) is 22.3 Å². The number of nitrogens with one attached hydrogen (secondary N) is 1. The van der Waals surface area contributed by atoms with Crippen molar-refractivity contribution in [3.63, 3.8) is 0 Å². The summed E-state index contributed by atoms with van der Waals surface area (Å²) in [6.07, 6.45) is 4.70. The Balaban J connectivity index is 1.65. The molecule has 1 aliphatic heterocycles. The Morgan fingerprint density at radius 2 is 2.13 bits per heavy atom. The first-order valence-electron chi connectivity index (χ1n) is 9.98. The van der Waals surface area contributed by atoms with Crippen molar-refractivity contribution in [3.8, 4) is 0 Å². The molecule has 0 unspecified atom stereocenters. The van der Waals surface area contributed by atoms with Crippen molar-refractivity contribution in [1.29, 1.82) is 0 Å². The van der Waals surface area contributed by atoms with Crippen molar-refractivity contribution in [2.45, 2.75) is 13.0 Å². The number of hydrogen-bond acceptors (Lipinski definition) is 7. The summed E-state index contributed by atoms with van der Waals surface area (Å²) in [5, 5.41) is 18.7. The SMILES string of the molecule is COCCNc1ccc(C(=O)N2CCCN(Cc3cnn(C)c3)CC2)cc1[N+](=O)[O-]. The number of nitro benzene ring substituents is 1. The molecule has 162 valence electrons. The van der Waals surface area contributed by atoms with Gasteiger partial charge in [0.1, 0.15) is 5.69 Å². The van der Waals surface area contributed by atoms with E-state index < -0.39 is 4.92 Å². The normalized spacial score (nSPS) is 15.1. The Hall–Kier alpha value is -2.98. The summed E-state index contributed by atoms with van der Waals surface area (Å²) in [6, 6.07) is 4.59. The van der Waals surface area contributed by atoms with Gasteiger partial charge in [0.15, 0.2) is 0 Å². The monoisotopic (exact) mass is 416 g/mol. The highest BCUT2D eigenvalue weighted by Gasteiger charge is 2.23. The predicted molar refractivity (Wildman–Crippen MR) is 112 cm³/mol. The fraction of sp³-hybridized carbons (Fsp3) is 0.500. The molecule has 2 aromatic rings. The van der Waals surface area contributed by atoms with Crippen molar-refractivity contribution < 1.29 is 14.5 Å². The first-order valence-corrected chi connectivity index (χ1v) is 9.98. The topological polar surface area (TPSA) is 106 Å². The molecule has 0 radical (unpaired) electrons. The summed E-state index contributed by atoms with van der Waals surface area (Å²) >= 11 is 0. The third-order valence-corrected chi connectivity index (χ3v) is 5.10. The molecule has 0 aliphatic carbocycles. The van der Waals surface area contributed by atoms with Crippen LogP contribution in [0, 0.1) is 10.1 Å². The van der Waals surface area contributed by atoms with Gasteiger partial charge in [-0.2, -0.15) is 5.10 Å². The maximum Gasteiger partial charge on any atom is 0.293 e. The molecule has 3 rings (SSSR count). The van der Waals surface area contributed by atoms with Gasteiger partial charge in [0, 0.05) is 76.8 Å². The highest BCUT2D eigenvalue weighted by molar-refractivity contribution is 5.95. The van der Waals surface area contributed by atoms with Crippen LogP contribution >= 0.6 is 0 Å². The zero-order valence-corrected chi connectivity index (χ0v) is 17.4. The molecule has 1 aliphatic rings. The lowest BCUT2D eigenvalue weighted by Gasteiger charge is -2.22. The summed E-state index contributed by atoms with van der Waals surface area (Å²) in [6.45, 7) is 4.53. The fourth-order valence-electron chi connectivity index (χ4n) is 3.58. The molecule has 30 heavy (non-hydrogen) atoms. The second kappa shape index (κ2) is 10.2. The van der Waals surface area contributed by atoms with E-state index in [1.807, 2.05) is 19.4 Å². The van der Waals surface area contributed by atoms with Crippen molar-refractivity contribution in [1.82, 2.24) is 19.6 Å². The van der Waals surface area contributed by atoms with E-state index in [4.69, 9.17) is 4.74 Å². The molecule has 2 heterocycles. The number of nitro groups is 1. The van der Waals surface area contributed by atoms with Gasteiger partial charge >= 0.3 is 0 Å². The van der Waals surface area contributed by atoms with Crippen LogP contribution in [0.2, 0.25) is 0 Å². The Morgan fingerprint density at radius 3 is 2.83 bits per heavy atom. The van der Waals surface area contributed by atoms with Crippen molar-refractivity contribution >= 4 is 17.3 Å². The highest BCUT2D eigenvalue weighted by Crippen LogP contribution is 2.26. The van der Waals surface area contributed by atoms with Gasteiger partial charge < -0.3 is 15.0 Å². The van der Waals surface area contributed by atoms with E-state index in [0.717, 1.165) is 31.6 Å².